The molecule has 1 aromatic carbocycles. The number of hydrogen-bond donors (Lipinski definition) is 1. The summed E-state index contributed by atoms with van der Waals surface area (Å²) in [6.07, 6.45) is 4.70. The number of aryl methyl sites for hydroxylation is 2. The molecule has 7 heteroatoms. The molecule has 0 atom stereocenters. The Hall–Kier alpha value is -3.48. The second kappa shape index (κ2) is 8.27. The zero-order valence-corrected chi connectivity index (χ0v) is 15.5. The molecular formula is C20H21N5O2. The molecule has 0 aliphatic rings. The summed E-state index contributed by atoms with van der Waals surface area (Å²) in [6, 6.07) is 11.1. The number of carbonyl (C=O) groups is 1. The number of aromatic nitrogens is 3. The molecule has 0 radical (unpaired) electrons. The van der Waals surface area contributed by atoms with E-state index in [1.807, 2.05) is 42.8 Å². The van der Waals surface area contributed by atoms with Crippen LogP contribution in [0.1, 0.15) is 32.9 Å². The van der Waals surface area contributed by atoms with E-state index in [1.54, 1.807) is 31.7 Å². The zero-order valence-electron chi connectivity index (χ0n) is 15.5. The topological polar surface area (TPSA) is 81.4 Å². The summed E-state index contributed by atoms with van der Waals surface area (Å²) < 4.78 is 7.39. The lowest BCUT2D eigenvalue weighted by atomic mass is 10.1. The van der Waals surface area contributed by atoms with Gasteiger partial charge in [-0.05, 0) is 55.8 Å². The predicted octanol–water partition coefficient (Wildman–Crippen LogP) is 2.72. The van der Waals surface area contributed by atoms with Crippen LogP contribution in [0.15, 0.2) is 53.9 Å². The highest BCUT2D eigenvalue weighted by molar-refractivity contribution is 5.94. The summed E-state index contributed by atoms with van der Waals surface area (Å²) in [7, 11) is 1.64. The van der Waals surface area contributed by atoms with E-state index in [0.717, 1.165) is 28.3 Å². The average molecular weight is 363 g/mol. The monoisotopic (exact) mass is 363 g/mol. The van der Waals surface area contributed by atoms with Crippen molar-refractivity contribution < 1.29 is 9.53 Å². The minimum atomic E-state index is -0.310. The number of hydrogen-bond acceptors (Lipinski definition) is 5. The van der Waals surface area contributed by atoms with Crippen molar-refractivity contribution in [2.24, 2.45) is 5.10 Å². The van der Waals surface area contributed by atoms with E-state index in [-0.39, 0.29) is 5.91 Å². The highest BCUT2D eigenvalue weighted by Gasteiger charge is 2.08. The first-order chi connectivity index (χ1) is 13.1. The van der Waals surface area contributed by atoms with Gasteiger partial charge in [-0.25, -0.2) is 5.43 Å². The Balaban J connectivity index is 1.74. The van der Waals surface area contributed by atoms with E-state index in [2.05, 4.69) is 20.6 Å². The summed E-state index contributed by atoms with van der Waals surface area (Å²) in [5.74, 6) is 0.467. The lowest BCUT2D eigenvalue weighted by Crippen LogP contribution is -2.17. The van der Waals surface area contributed by atoms with Crippen LogP contribution in [0.4, 0.5) is 0 Å². The van der Waals surface area contributed by atoms with Crippen molar-refractivity contribution in [3.05, 3.63) is 76.9 Å². The number of pyridine rings is 1. The number of rotatable bonds is 6. The molecule has 3 aromatic rings. The van der Waals surface area contributed by atoms with Gasteiger partial charge in [-0.2, -0.15) is 10.2 Å². The number of hydrazone groups is 1. The molecule has 1 amide bonds. The number of methoxy groups -OCH3 is 1. The Morgan fingerprint density at radius 2 is 2.15 bits per heavy atom. The molecule has 0 fully saturated rings. The molecule has 2 aromatic heterocycles. The van der Waals surface area contributed by atoms with Gasteiger partial charge in [0.25, 0.3) is 5.91 Å². The molecule has 0 saturated heterocycles. The Morgan fingerprint density at radius 1 is 1.30 bits per heavy atom. The quantitative estimate of drug-likeness (QED) is 0.539. The van der Waals surface area contributed by atoms with E-state index in [1.165, 1.54) is 6.20 Å². The third kappa shape index (κ3) is 4.58. The Kier molecular flexibility index (Phi) is 5.61. The van der Waals surface area contributed by atoms with Gasteiger partial charge in [0.05, 0.1) is 31.1 Å². The van der Waals surface area contributed by atoms with Crippen LogP contribution in [0.25, 0.3) is 0 Å². The SMILES string of the molecule is COc1ccc(/C=N/NC(=O)c2cccnc2)cc1Cn1nc(C)cc1C. The van der Waals surface area contributed by atoms with Crippen molar-refractivity contribution in [1.82, 2.24) is 20.2 Å². The number of nitrogens with one attached hydrogen (secondary N) is 1. The van der Waals surface area contributed by atoms with Crippen molar-refractivity contribution in [3.8, 4) is 5.75 Å². The van der Waals surface area contributed by atoms with Crippen molar-refractivity contribution in [3.63, 3.8) is 0 Å². The largest absolute Gasteiger partial charge is 0.496 e. The van der Waals surface area contributed by atoms with Crippen LogP contribution in [0, 0.1) is 13.8 Å². The number of amides is 1. The first-order valence-electron chi connectivity index (χ1n) is 8.48. The maximum Gasteiger partial charge on any atom is 0.272 e. The van der Waals surface area contributed by atoms with Gasteiger partial charge in [0.15, 0.2) is 0 Å². The first kappa shape index (κ1) is 18.3. The van der Waals surface area contributed by atoms with Gasteiger partial charge in [-0.15, -0.1) is 0 Å². The van der Waals surface area contributed by atoms with Crippen LogP contribution >= 0.6 is 0 Å². The third-order valence-corrected chi connectivity index (χ3v) is 4.03. The molecule has 138 valence electrons. The fourth-order valence-electron chi connectivity index (χ4n) is 2.73. The van der Waals surface area contributed by atoms with E-state index in [9.17, 15) is 4.79 Å². The summed E-state index contributed by atoms with van der Waals surface area (Å²) in [5.41, 5.74) is 6.83. The summed E-state index contributed by atoms with van der Waals surface area (Å²) in [4.78, 5) is 15.9. The van der Waals surface area contributed by atoms with E-state index >= 15 is 0 Å². The van der Waals surface area contributed by atoms with E-state index in [0.29, 0.717) is 12.1 Å². The lowest BCUT2D eigenvalue weighted by molar-refractivity contribution is 0.0955. The molecule has 0 aliphatic carbocycles. The van der Waals surface area contributed by atoms with Gasteiger partial charge >= 0.3 is 0 Å². The first-order valence-corrected chi connectivity index (χ1v) is 8.48. The minimum Gasteiger partial charge on any atom is -0.496 e. The Bertz CT molecular complexity index is 964. The number of nitrogens with zero attached hydrogens (tertiary/aromatic N) is 4. The summed E-state index contributed by atoms with van der Waals surface area (Å²) >= 11 is 0. The number of carbonyl (C=O) groups excluding carboxylic acids is 1. The van der Waals surface area contributed by atoms with Gasteiger partial charge in [-0.3, -0.25) is 14.5 Å². The van der Waals surface area contributed by atoms with Crippen molar-refractivity contribution in [2.45, 2.75) is 20.4 Å². The van der Waals surface area contributed by atoms with Crippen LogP contribution in [0.5, 0.6) is 5.75 Å². The lowest BCUT2D eigenvalue weighted by Gasteiger charge is -2.11. The Morgan fingerprint density at radius 3 is 2.81 bits per heavy atom. The zero-order chi connectivity index (χ0) is 19.2. The number of ether oxygens (including phenoxy) is 1. The highest BCUT2D eigenvalue weighted by Crippen LogP contribution is 2.21. The van der Waals surface area contributed by atoms with E-state index < -0.39 is 0 Å². The molecular weight excluding hydrogens is 342 g/mol. The molecule has 3 rings (SSSR count). The Labute approximate surface area is 157 Å². The highest BCUT2D eigenvalue weighted by atomic mass is 16.5. The molecule has 2 heterocycles. The predicted molar refractivity (Wildman–Crippen MR) is 103 cm³/mol. The molecule has 0 bridgehead atoms. The fourth-order valence-corrected chi connectivity index (χ4v) is 2.73. The van der Waals surface area contributed by atoms with Crippen LogP contribution in [-0.4, -0.2) is 34.0 Å². The van der Waals surface area contributed by atoms with Gasteiger partial charge in [0.2, 0.25) is 0 Å². The maximum atomic E-state index is 12.0. The van der Waals surface area contributed by atoms with Gasteiger partial charge < -0.3 is 4.74 Å². The van der Waals surface area contributed by atoms with Crippen molar-refractivity contribution >= 4 is 12.1 Å². The smallest absolute Gasteiger partial charge is 0.272 e. The third-order valence-electron chi connectivity index (χ3n) is 4.03. The van der Waals surface area contributed by atoms with Gasteiger partial charge in [0.1, 0.15) is 5.75 Å². The van der Waals surface area contributed by atoms with Crippen molar-refractivity contribution in [1.29, 1.82) is 0 Å². The van der Waals surface area contributed by atoms with Crippen LogP contribution < -0.4 is 10.2 Å². The molecule has 0 unspecified atom stereocenters. The summed E-state index contributed by atoms with van der Waals surface area (Å²) in [5, 5.41) is 8.52. The minimum absolute atomic E-state index is 0.310. The van der Waals surface area contributed by atoms with Crippen molar-refractivity contribution in [2.75, 3.05) is 7.11 Å². The molecule has 27 heavy (non-hydrogen) atoms. The molecule has 0 aliphatic heterocycles. The second-order valence-electron chi connectivity index (χ2n) is 6.10. The van der Waals surface area contributed by atoms with Crippen LogP contribution in [0.3, 0.4) is 0 Å². The molecule has 0 spiro atoms. The fraction of sp³-hybridized carbons (Fsp3) is 0.200. The average Bonchev–Trinajstić information content (AvgIpc) is 2.99. The molecule has 0 saturated carbocycles. The summed E-state index contributed by atoms with van der Waals surface area (Å²) in [6.45, 7) is 4.58. The normalized spacial score (nSPS) is 10.9. The number of benzene rings is 1. The van der Waals surface area contributed by atoms with Crippen LogP contribution in [-0.2, 0) is 6.54 Å². The molecule has 1 N–H and O–H groups in total. The maximum absolute atomic E-state index is 12.0. The molecule has 7 nitrogen and oxygen atoms in total. The van der Waals surface area contributed by atoms with Crippen LogP contribution in [0.2, 0.25) is 0 Å². The standard InChI is InChI=1S/C20H21N5O2/c1-14-9-15(2)25(24-14)13-18-10-16(6-7-19(18)27-3)11-22-23-20(26)17-5-4-8-21-12-17/h4-12H,13H2,1-3H3,(H,23,26)/b22-11+. The second-order valence-corrected chi connectivity index (χ2v) is 6.10. The van der Waals surface area contributed by atoms with E-state index in [4.69, 9.17) is 4.74 Å². The van der Waals surface area contributed by atoms with Gasteiger partial charge in [0, 0.05) is 23.7 Å². The van der Waals surface area contributed by atoms with Gasteiger partial charge in [-0.1, -0.05) is 0 Å².